The standard InChI is InChI=1S/C26H54O.2C3H10N2/c1-3-5-7-9-11-13-15-17-19-21-23-25-27-26-24-22-20-18-16-14-12-10-8-6-4-2;2*1-3(5)2-4/h3-26H2,1-2H3;2*3H,2,4-5H2,1H3. The predicted molar refractivity (Wildman–Crippen MR) is 169 cm³/mol. The third-order valence-electron chi connectivity index (χ3n) is 6.53. The summed E-state index contributed by atoms with van der Waals surface area (Å²) in [7, 11) is 0. The van der Waals surface area contributed by atoms with Gasteiger partial charge in [0.15, 0.2) is 0 Å². The molecule has 5 heteroatoms. The number of nitrogens with two attached hydrogens (primary N) is 4. The summed E-state index contributed by atoms with van der Waals surface area (Å²) < 4.78 is 5.80. The molecule has 8 N–H and O–H groups in total. The van der Waals surface area contributed by atoms with E-state index in [1.807, 2.05) is 13.8 Å². The van der Waals surface area contributed by atoms with Crippen LogP contribution in [0.25, 0.3) is 0 Å². The van der Waals surface area contributed by atoms with Crippen LogP contribution in [0.4, 0.5) is 0 Å². The molecule has 0 saturated heterocycles. The molecule has 0 bridgehead atoms. The first-order chi connectivity index (χ1) is 18.0. The first-order valence-electron chi connectivity index (χ1n) is 16.4. The second-order valence-electron chi connectivity index (χ2n) is 11.1. The Kier molecular flexibility index (Phi) is 45.0. The summed E-state index contributed by atoms with van der Waals surface area (Å²) in [6.45, 7) is 11.5. The topological polar surface area (TPSA) is 113 Å². The van der Waals surface area contributed by atoms with Crippen molar-refractivity contribution in [2.24, 2.45) is 22.9 Å². The van der Waals surface area contributed by atoms with Gasteiger partial charge in [-0.2, -0.15) is 0 Å². The van der Waals surface area contributed by atoms with Crippen molar-refractivity contribution >= 4 is 0 Å². The molecule has 0 aromatic heterocycles. The molecule has 5 nitrogen and oxygen atoms in total. The van der Waals surface area contributed by atoms with Crippen molar-refractivity contribution in [2.75, 3.05) is 26.3 Å². The molecule has 0 aliphatic rings. The van der Waals surface area contributed by atoms with E-state index in [0.717, 1.165) is 13.2 Å². The van der Waals surface area contributed by atoms with Gasteiger partial charge in [-0.05, 0) is 26.7 Å². The minimum atomic E-state index is 0.162. The minimum absolute atomic E-state index is 0.162. The highest BCUT2D eigenvalue weighted by Gasteiger charge is 1.95. The van der Waals surface area contributed by atoms with Crippen LogP contribution in [-0.2, 0) is 4.74 Å². The first kappa shape index (κ1) is 41.3. The van der Waals surface area contributed by atoms with Gasteiger partial charge >= 0.3 is 0 Å². The summed E-state index contributed by atoms with van der Waals surface area (Å²) in [5.74, 6) is 0. The summed E-state index contributed by atoms with van der Waals surface area (Å²) in [5, 5.41) is 0. The van der Waals surface area contributed by atoms with Gasteiger partial charge in [0.2, 0.25) is 0 Å². The monoisotopic (exact) mass is 531 g/mol. The largest absolute Gasteiger partial charge is 0.381 e. The molecule has 0 aromatic carbocycles. The van der Waals surface area contributed by atoms with E-state index in [4.69, 9.17) is 27.7 Å². The van der Waals surface area contributed by atoms with Crippen LogP contribution in [0.2, 0.25) is 0 Å². The van der Waals surface area contributed by atoms with Crippen LogP contribution >= 0.6 is 0 Å². The lowest BCUT2D eigenvalue weighted by Crippen LogP contribution is -2.25. The maximum absolute atomic E-state index is 5.80. The van der Waals surface area contributed by atoms with E-state index in [-0.39, 0.29) is 12.1 Å². The molecule has 0 fully saturated rings. The highest BCUT2D eigenvalue weighted by Crippen LogP contribution is 2.12. The highest BCUT2D eigenvalue weighted by atomic mass is 16.5. The van der Waals surface area contributed by atoms with Gasteiger partial charge in [0.25, 0.3) is 0 Å². The van der Waals surface area contributed by atoms with Gasteiger partial charge in [-0.1, -0.05) is 142 Å². The minimum Gasteiger partial charge on any atom is -0.381 e. The molecular formula is C32H74N4O. The lowest BCUT2D eigenvalue weighted by Gasteiger charge is -2.05. The molecule has 0 aromatic rings. The normalized spacial score (nSPS) is 12.3. The van der Waals surface area contributed by atoms with Gasteiger partial charge in [0.1, 0.15) is 0 Å². The fourth-order valence-electron chi connectivity index (χ4n) is 3.84. The quantitative estimate of drug-likeness (QED) is 0.0841. The van der Waals surface area contributed by atoms with Crippen LogP contribution in [0, 0.1) is 0 Å². The number of hydrogen-bond donors (Lipinski definition) is 4. The van der Waals surface area contributed by atoms with Crippen LogP contribution in [0.1, 0.15) is 169 Å². The van der Waals surface area contributed by atoms with E-state index in [1.54, 1.807) is 0 Å². The molecule has 0 aliphatic heterocycles. The van der Waals surface area contributed by atoms with Crippen molar-refractivity contribution in [1.82, 2.24) is 0 Å². The van der Waals surface area contributed by atoms with Crippen LogP contribution in [0.15, 0.2) is 0 Å². The van der Waals surface area contributed by atoms with Crippen molar-refractivity contribution < 1.29 is 4.74 Å². The molecule has 0 rings (SSSR count). The second kappa shape index (κ2) is 40.3. The Morgan fingerprint density at radius 2 is 0.595 bits per heavy atom. The molecule has 0 radical (unpaired) electrons. The van der Waals surface area contributed by atoms with Gasteiger partial charge in [0, 0.05) is 38.4 Å². The number of unbranched alkanes of at least 4 members (excludes halogenated alkanes) is 20. The zero-order valence-electron chi connectivity index (χ0n) is 26.3. The van der Waals surface area contributed by atoms with Crippen LogP contribution in [0.3, 0.4) is 0 Å². The Labute approximate surface area is 235 Å². The van der Waals surface area contributed by atoms with Gasteiger partial charge in [-0.25, -0.2) is 0 Å². The number of rotatable bonds is 26. The molecule has 0 aliphatic carbocycles. The maximum atomic E-state index is 5.80. The molecule has 0 spiro atoms. The average Bonchev–Trinajstić information content (AvgIpc) is 2.89. The van der Waals surface area contributed by atoms with Gasteiger partial charge in [-0.15, -0.1) is 0 Å². The molecule has 2 unspecified atom stereocenters. The summed E-state index contributed by atoms with van der Waals surface area (Å²) in [5.41, 5.74) is 20.4. The Morgan fingerprint density at radius 1 is 0.405 bits per heavy atom. The van der Waals surface area contributed by atoms with Crippen molar-refractivity contribution in [2.45, 2.75) is 181 Å². The van der Waals surface area contributed by atoms with E-state index in [2.05, 4.69) is 13.8 Å². The van der Waals surface area contributed by atoms with Crippen molar-refractivity contribution in [1.29, 1.82) is 0 Å². The number of ether oxygens (including phenoxy) is 1. The van der Waals surface area contributed by atoms with Crippen LogP contribution in [-0.4, -0.2) is 38.4 Å². The van der Waals surface area contributed by atoms with Gasteiger partial charge < -0.3 is 27.7 Å². The molecule has 228 valence electrons. The molecule has 37 heavy (non-hydrogen) atoms. The Bertz CT molecular complexity index is 322. The Morgan fingerprint density at radius 3 is 0.784 bits per heavy atom. The van der Waals surface area contributed by atoms with Crippen molar-refractivity contribution in [3.63, 3.8) is 0 Å². The lowest BCUT2D eigenvalue weighted by atomic mass is 10.1. The summed E-state index contributed by atoms with van der Waals surface area (Å²) in [6.07, 6.45) is 31.1. The van der Waals surface area contributed by atoms with E-state index in [0.29, 0.717) is 13.1 Å². The van der Waals surface area contributed by atoms with Gasteiger partial charge in [-0.3, -0.25) is 0 Å². The molecule has 0 amide bonds. The smallest absolute Gasteiger partial charge is 0.0466 e. The zero-order valence-corrected chi connectivity index (χ0v) is 26.3. The Hall–Kier alpha value is -0.200. The first-order valence-corrected chi connectivity index (χ1v) is 16.4. The second-order valence-corrected chi connectivity index (χ2v) is 11.1. The fraction of sp³-hybridized carbons (Fsp3) is 1.00. The summed E-state index contributed by atoms with van der Waals surface area (Å²) in [4.78, 5) is 0. The van der Waals surface area contributed by atoms with Crippen LogP contribution < -0.4 is 22.9 Å². The van der Waals surface area contributed by atoms with Crippen molar-refractivity contribution in [3.8, 4) is 0 Å². The van der Waals surface area contributed by atoms with E-state index in [1.165, 1.54) is 141 Å². The fourth-order valence-corrected chi connectivity index (χ4v) is 3.84. The predicted octanol–water partition coefficient (Wildman–Crippen LogP) is 8.21. The van der Waals surface area contributed by atoms with Gasteiger partial charge in [0.05, 0.1) is 0 Å². The van der Waals surface area contributed by atoms with E-state index >= 15 is 0 Å². The molecule has 0 heterocycles. The zero-order chi connectivity index (χ0) is 28.2. The molecule has 2 atom stereocenters. The van der Waals surface area contributed by atoms with E-state index < -0.39 is 0 Å². The third kappa shape index (κ3) is 52.9. The molecule has 0 saturated carbocycles. The average molecular weight is 531 g/mol. The summed E-state index contributed by atoms with van der Waals surface area (Å²) in [6, 6.07) is 0.324. The summed E-state index contributed by atoms with van der Waals surface area (Å²) >= 11 is 0. The SMILES string of the molecule is CC(N)CN.CC(N)CN.CCCCCCCCCCCCCOCCCCCCCCCCCCC. The third-order valence-corrected chi connectivity index (χ3v) is 6.53. The highest BCUT2D eigenvalue weighted by molar-refractivity contribution is 4.50. The Balaban J connectivity index is -0.000000969. The molecular weight excluding hydrogens is 456 g/mol. The van der Waals surface area contributed by atoms with Crippen LogP contribution in [0.5, 0.6) is 0 Å². The lowest BCUT2D eigenvalue weighted by molar-refractivity contribution is 0.125. The van der Waals surface area contributed by atoms with Crippen molar-refractivity contribution in [3.05, 3.63) is 0 Å². The van der Waals surface area contributed by atoms with E-state index in [9.17, 15) is 0 Å². The number of hydrogen-bond acceptors (Lipinski definition) is 5. The maximum Gasteiger partial charge on any atom is 0.0466 e.